The molecule has 0 fully saturated rings. The van der Waals surface area contributed by atoms with E-state index in [9.17, 15) is 4.79 Å². The Labute approximate surface area is 104 Å². The fourth-order valence-electron chi connectivity index (χ4n) is 1.28. The van der Waals surface area contributed by atoms with Crippen molar-refractivity contribution in [1.29, 1.82) is 5.26 Å². The van der Waals surface area contributed by atoms with E-state index in [0.29, 0.717) is 10.5 Å². The summed E-state index contributed by atoms with van der Waals surface area (Å²) in [6.45, 7) is 1.97. The molecule has 0 unspecified atom stereocenters. The molecule has 1 aromatic carbocycles. The van der Waals surface area contributed by atoms with E-state index in [1.165, 1.54) is 6.07 Å². The van der Waals surface area contributed by atoms with E-state index in [1.54, 1.807) is 13.0 Å². The second kappa shape index (κ2) is 5.78. The maximum absolute atomic E-state index is 11.6. The van der Waals surface area contributed by atoms with Gasteiger partial charge in [0.15, 0.2) is 0 Å². The number of ether oxygens (including phenoxy) is 1. The first-order chi connectivity index (χ1) is 7.65. The van der Waals surface area contributed by atoms with Gasteiger partial charge in [-0.3, -0.25) is 0 Å². The number of carbonyl (C=O) groups is 1. The second-order valence-electron chi connectivity index (χ2n) is 2.95. The zero-order valence-electron chi connectivity index (χ0n) is 8.66. The Hall–Kier alpha value is -1.18. The number of hydrogen-bond donors (Lipinski definition) is 1. The molecule has 0 bridgehead atoms. The molecule has 0 aliphatic rings. The molecule has 0 aromatic heterocycles. The zero-order valence-corrected chi connectivity index (χ0v) is 10.3. The van der Waals surface area contributed by atoms with E-state index in [0.717, 1.165) is 0 Å². The molecule has 16 heavy (non-hydrogen) atoms. The highest BCUT2D eigenvalue weighted by Crippen LogP contribution is 2.24. The van der Waals surface area contributed by atoms with Gasteiger partial charge in [-0.05, 0) is 24.6 Å². The van der Waals surface area contributed by atoms with Gasteiger partial charge >= 0.3 is 5.97 Å². The number of alkyl halides is 1. The average molecular weight is 256 g/mol. The second-order valence-corrected chi connectivity index (χ2v) is 3.70. The van der Waals surface area contributed by atoms with Gasteiger partial charge in [0, 0.05) is 10.8 Å². The van der Waals surface area contributed by atoms with E-state index >= 15 is 0 Å². The van der Waals surface area contributed by atoms with Crippen LogP contribution in [0.3, 0.4) is 0 Å². The van der Waals surface area contributed by atoms with Crippen molar-refractivity contribution in [2.24, 2.45) is 0 Å². The largest absolute Gasteiger partial charge is 0.462 e. The molecule has 0 radical (unpaired) electrons. The first-order valence-corrected chi connectivity index (χ1v) is 5.61. The molecular weight excluding hydrogens is 246 g/mol. The zero-order chi connectivity index (χ0) is 12.1. The van der Waals surface area contributed by atoms with Gasteiger partial charge in [-0.25, -0.2) is 4.79 Å². The predicted octanol–water partition coefficient (Wildman–Crippen LogP) is 2.76. The summed E-state index contributed by atoms with van der Waals surface area (Å²) in [6.07, 6.45) is 0. The fourth-order valence-corrected chi connectivity index (χ4v) is 1.91. The maximum Gasteiger partial charge on any atom is 0.339 e. The molecule has 0 heterocycles. The number of esters is 1. The van der Waals surface area contributed by atoms with Crippen molar-refractivity contribution < 1.29 is 9.53 Å². The normalized spacial score (nSPS) is 9.62. The Morgan fingerprint density at radius 1 is 1.62 bits per heavy atom. The maximum atomic E-state index is 11.6. The molecule has 5 heteroatoms. The molecule has 84 valence electrons. The van der Waals surface area contributed by atoms with E-state index in [1.807, 2.05) is 6.07 Å². The summed E-state index contributed by atoms with van der Waals surface area (Å²) in [5.41, 5.74) is 1.02. The third-order valence-corrected chi connectivity index (χ3v) is 2.72. The van der Waals surface area contributed by atoms with Crippen LogP contribution in [0.2, 0.25) is 0 Å². The lowest BCUT2D eigenvalue weighted by atomic mass is 10.0. The number of rotatable bonds is 3. The van der Waals surface area contributed by atoms with Crippen molar-refractivity contribution >= 4 is 30.2 Å². The van der Waals surface area contributed by atoms with Crippen LogP contribution >= 0.6 is 24.2 Å². The lowest BCUT2D eigenvalue weighted by Crippen LogP contribution is -2.08. The highest BCUT2D eigenvalue weighted by atomic mass is 35.5. The summed E-state index contributed by atoms with van der Waals surface area (Å²) in [5, 5.41) is 9.02. The monoisotopic (exact) mass is 255 g/mol. The smallest absolute Gasteiger partial charge is 0.339 e. The Morgan fingerprint density at radius 2 is 2.31 bits per heavy atom. The van der Waals surface area contributed by atoms with Crippen LogP contribution < -0.4 is 0 Å². The van der Waals surface area contributed by atoms with E-state index < -0.39 is 5.97 Å². The molecule has 0 aliphatic carbocycles. The van der Waals surface area contributed by atoms with Crippen LogP contribution in [0, 0.1) is 11.3 Å². The number of nitriles is 1. The van der Waals surface area contributed by atoms with Gasteiger partial charge in [0.1, 0.15) is 6.07 Å². The summed E-state index contributed by atoms with van der Waals surface area (Å²) in [4.78, 5) is 12.2. The summed E-state index contributed by atoms with van der Waals surface area (Å²) in [7, 11) is 0. The minimum atomic E-state index is -0.515. The SMILES string of the molecule is CCOC(=O)c1ccc(S)c(CCl)c1C#N. The number of halogens is 1. The van der Waals surface area contributed by atoms with Gasteiger partial charge in [0.2, 0.25) is 0 Å². The number of benzene rings is 1. The summed E-state index contributed by atoms with van der Waals surface area (Å²) in [6, 6.07) is 5.12. The molecular formula is C11H10ClNO2S. The molecule has 0 atom stereocenters. The van der Waals surface area contributed by atoms with Gasteiger partial charge in [-0.2, -0.15) is 5.26 Å². The lowest BCUT2D eigenvalue weighted by molar-refractivity contribution is 0.0526. The quantitative estimate of drug-likeness (QED) is 0.513. The van der Waals surface area contributed by atoms with Gasteiger partial charge in [0.05, 0.1) is 17.7 Å². The van der Waals surface area contributed by atoms with Crippen LogP contribution in [0.1, 0.15) is 28.4 Å². The summed E-state index contributed by atoms with van der Waals surface area (Å²) >= 11 is 9.90. The summed E-state index contributed by atoms with van der Waals surface area (Å²) in [5.74, 6) is -0.381. The number of thiol groups is 1. The molecule has 0 saturated carbocycles. The number of carbonyl (C=O) groups excluding carboxylic acids is 1. The van der Waals surface area contributed by atoms with Crippen LogP contribution in [0.25, 0.3) is 0 Å². The highest BCUT2D eigenvalue weighted by Gasteiger charge is 2.17. The predicted molar refractivity (Wildman–Crippen MR) is 63.9 cm³/mol. The molecule has 0 N–H and O–H groups in total. The van der Waals surface area contributed by atoms with Crippen LogP contribution in [0.15, 0.2) is 17.0 Å². The van der Waals surface area contributed by atoms with Crippen LogP contribution in [-0.2, 0) is 10.6 Å². The third-order valence-electron chi connectivity index (χ3n) is 2.03. The molecule has 0 spiro atoms. The Kier molecular flexibility index (Phi) is 4.66. The fraction of sp³-hybridized carbons (Fsp3) is 0.273. The molecule has 3 nitrogen and oxygen atoms in total. The van der Waals surface area contributed by atoms with E-state index in [2.05, 4.69) is 12.6 Å². The van der Waals surface area contributed by atoms with Crippen LogP contribution in [0.4, 0.5) is 0 Å². The number of hydrogen-bond acceptors (Lipinski definition) is 4. The first-order valence-electron chi connectivity index (χ1n) is 4.63. The highest BCUT2D eigenvalue weighted by molar-refractivity contribution is 7.80. The molecule has 0 amide bonds. The van der Waals surface area contributed by atoms with Crippen LogP contribution in [0.5, 0.6) is 0 Å². The van der Waals surface area contributed by atoms with Crippen molar-refractivity contribution in [3.05, 3.63) is 28.8 Å². The topological polar surface area (TPSA) is 50.1 Å². The third kappa shape index (κ3) is 2.49. The standard InChI is InChI=1S/C11H10ClNO2S/c1-2-15-11(14)7-3-4-10(16)8(5-12)9(7)6-13/h3-4,16H,2,5H2,1H3. The van der Waals surface area contributed by atoms with Gasteiger partial charge in [-0.15, -0.1) is 24.2 Å². The first kappa shape index (κ1) is 12.9. The van der Waals surface area contributed by atoms with E-state index in [-0.39, 0.29) is 23.6 Å². The molecule has 1 aromatic rings. The molecule has 0 aliphatic heterocycles. The minimum absolute atomic E-state index is 0.134. The van der Waals surface area contributed by atoms with Crippen molar-refractivity contribution in [1.82, 2.24) is 0 Å². The van der Waals surface area contributed by atoms with Crippen molar-refractivity contribution in [2.75, 3.05) is 6.61 Å². The summed E-state index contributed by atoms with van der Waals surface area (Å²) < 4.78 is 4.85. The Bertz CT molecular complexity index is 454. The van der Waals surface area contributed by atoms with Crippen molar-refractivity contribution in [2.45, 2.75) is 17.7 Å². The van der Waals surface area contributed by atoms with Gasteiger partial charge in [0.25, 0.3) is 0 Å². The van der Waals surface area contributed by atoms with Crippen molar-refractivity contribution in [3.8, 4) is 6.07 Å². The minimum Gasteiger partial charge on any atom is -0.462 e. The number of nitrogens with zero attached hydrogens (tertiary/aromatic N) is 1. The van der Waals surface area contributed by atoms with E-state index in [4.69, 9.17) is 21.6 Å². The van der Waals surface area contributed by atoms with Gasteiger partial charge < -0.3 is 4.74 Å². The Balaban J connectivity index is 3.31. The van der Waals surface area contributed by atoms with Crippen LogP contribution in [-0.4, -0.2) is 12.6 Å². The van der Waals surface area contributed by atoms with Crippen molar-refractivity contribution in [3.63, 3.8) is 0 Å². The molecule has 0 saturated heterocycles. The average Bonchev–Trinajstić information content (AvgIpc) is 2.28. The van der Waals surface area contributed by atoms with Gasteiger partial charge in [-0.1, -0.05) is 0 Å². The molecule has 1 rings (SSSR count). The lowest BCUT2D eigenvalue weighted by Gasteiger charge is -2.08. The Morgan fingerprint density at radius 3 is 2.81 bits per heavy atom.